The number of carboxylic acids is 1. The van der Waals surface area contributed by atoms with Crippen molar-refractivity contribution in [1.82, 2.24) is 0 Å². The van der Waals surface area contributed by atoms with Gasteiger partial charge in [-0.3, -0.25) is 4.79 Å². The van der Waals surface area contributed by atoms with Crippen molar-refractivity contribution in [2.24, 2.45) is 0 Å². The van der Waals surface area contributed by atoms with Crippen molar-refractivity contribution in [1.29, 1.82) is 0 Å². The first kappa shape index (κ1) is 14.9. The molecule has 0 amide bonds. The fourth-order valence-corrected chi connectivity index (χ4v) is 2.64. The van der Waals surface area contributed by atoms with Crippen LogP contribution in [0.5, 0.6) is 0 Å². The Bertz CT molecular complexity index is 611. The third kappa shape index (κ3) is 3.53. The molecular weight excluding hydrogens is 295 g/mol. The number of alkyl halides is 1. The molecule has 1 atom stereocenters. The Balaban J connectivity index is 2.36. The van der Waals surface area contributed by atoms with E-state index in [2.05, 4.69) is 0 Å². The molecule has 104 valence electrons. The van der Waals surface area contributed by atoms with Crippen LogP contribution in [0.3, 0.4) is 0 Å². The smallest absolute Gasteiger partial charge is 0.303 e. The number of carbonyl (C=O) groups is 1. The number of rotatable bonds is 5. The molecule has 0 radical (unpaired) electrons. The number of benzene rings is 2. The fourth-order valence-electron chi connectivity index (χ4n) is 2.10. The maximum absolute atomic E-state index is 10.7. The van der Waals surface area contributed by atoms with Crippen molar-refractivity contribution in [3.63, 3.8) is 0 Å². The Kier molecular flexibility index (Phi) is 5.05. The van der Waals surface area contributed by atoms with Gasteiger partial charge in [-0.15, -0.1) is 11.6 Å². The summed E-state index contributed by atoms with van der Waals surface area (Å²) < 4.78 is 0. The van der Waals surface area contributed by atoms with Crippen LogP contribution >= 0.6 is 23.2 Å². The zero-order chi connectivity index (χ0) is 14.5. The van der Waals surface area contributed by atoms with Gasteiger partial charge in [0.15, 0.2) is 0 Å². The van der Waals surface area contributed by atoms with Gasteiger partial charge >= 0.3 is 5.97 Å². The van der Waals surface area contributed by atoms with Gasteiger partial charge in [0.05, 0.1) is 5.38 Å². The Morgan fingerprint density at radius 2 is 1.65 bits per heavy atom. The zero-order valence-electron chi connectivity index (χ0n) is 10.7. The normalized spacial score (nSPS) is 12.1. The molecule has 2 aromatic rings. The number of aliphatic carboxylic acids is 1. The summed E-state index contributed by atoms with van der Waals surface area (Å²) in [6.45, 7) is 0. The van der Waals surface area contributed by atoms with Crippen molar-refractivity contribution in [2.75, 3.05) is 0 Å². The molecule has 2 aromatic carbocycles. The third-order valence-corrected chi connectivity index (χ3v) is 3.86. The van der Waals surface area contributed by atoms with Gasteiger partial charge in [0.2, 0.25) is 0 Å². The topological polar surface area (TPSA) is 37.3 Å². The van der Waals surface area contributed by atoms with Crippen LogP contribution in [0, 0.1) is 0 Å². The first-order valence-corrected chi connectivity index (χ1v) is 7.10. The van der Waals surface area contributed by atoms with Crippen molar-refractivity contribution >= 4 is 29.2 Å². The van der Waals surface area contributed by atoms with Crippen molar-refractivity contribution in [3.05, 3.63) is 59.1 Å². The quantitative estimate of drug-likeness (QED) is 0.775. The molecule has 0 aliphatic heterocycles. The Morgan fingerprint density at radius 3 is 2.30 bits per heavy atom. The molecule has 1 unspecified atom stereocenters. The van der Waals surface area contributed by atoms with Crippen molar-refractivity contribution in [2.45, 2.75) is 18.2 Å². The van der Waals surface area contributed by atoms with Crippen LogP contribution in [0.2, 0.25) is 5.02 Å². The number of hydrogen-bond acceptors (Lipinski definition) is 1. The number of carboxylic acid groups (broad SMARTS) is 1. The van der Waals surface area contributed by atoms with Crippen LogP contribution in [0.15, 0.2) is 48.5 Å². The molecule has 0 saturated heterocycles. The largest absolute Gasteiger partial charge is 0.481 e. The molecule has 20 heavy (non-hydrogen) atoms. The van der Waals surface area contributed by atoms with E-state index in [0.717, 1.165) is 16.7 Å². The van der Waals surface area contributed by atoms with E-state index in [1.54, 1.807) is 0 Å². The maximum Gasteiger partial charge on any atom is 0.303 e. The maximum atomic E-state index is 10.7. The van der Waals surface area contributed by atoms with Gasteiger partial charge in [-0.25, -0.2) is 0 Å². The summed E-state index contributed by atoms with van der Waals surface area (Å²) in [4.78, 5) is 10.7. The zero-order valence-corrected chi connectivity index (χ0v) is 12.2. The average Bonchev–Trinajstić information content (AvgIpc) is 2.45. The van der Waals surface area contributed by atoms with Gasteiger partial charge in [0.1, 0.15) is 0 Å². The number of halogens is 2. The molecule has 0 spiro atoms. The lowest BCUT2D eigenvalue weighted by atomic mass is 9.96. The van der Waals surface area contributed by atoms with Crippen molar-refractivity contribution < 1.29 is 9.90 Å². The van der Waals surface area contributed by atoms with E-state index in [0.29, 0.717) is 11.4 Å². The second-order valence-electron chi connectivity index (χ2n) is 4.47. The van der Waals surface area contributed by atoms with Crippen LogP contribution in [-0.2, 0) is 4.79 Å². The van der Waals surface area contributed by atoms with E-state index in [4.69, 9.17) is 28.3 Å². The predicted octanol–water partition coefficient (Wildman–Crippen LogP) is 5.15. The second kappa shape index (κ2) is 6.78. The van der Waals surface area contributed by atoms with E-state index in [-0.39, 0.29) is 11.8 Å². The lowest BCUT2D eigenvalue weighted by Gasteiger charge is -2.15. The Hall–Kier alpha value is -1.51. The van der Waals surface area contributed by atoms with Crippen LogP contribution in [0.1, 0.15) is 23.8 Å². The van der Waals surface area contributed by atoms with Gasteiger partial charge in [0.25, 0.3) is 0 Å². The molecule has 0 bridgehead atoms. The summed E-state index contributed by atoms with van der Waals surface area (Å²) in [5.41, 5.74) is 2.76. The van der Waals surface area contributed by atoms with E-state index in [9.17, 15) is 4.79 Å². The van der Waals surface area contributed by atoms with Crippen LogP contribution in [-0.4, -0.2) is 11.1 Å². The second-order valence-corrected chi connectivity index (χ2v) is 5.40. The molecule has 0 aliphatic rings. The Labute approximate surface area is 128 Å². The molecule has 0 heterocycles. The number of hydrogen-bond donors (Lipinski definition) is 1. The highest BCUT2D eigenvalue weighted by Crippen LogP contribution is 2.37. The fraction of sp³-hybridized carbons (Fsp3) is 0.188. The highest BCUT2D eigenvalue weighted by molar-refractivity contribution is 6.33. The van der Waals surface area contributed by atoms with Gasteiger partial charge in [0, 0.05) is 17.0 Å². The molecule has 2 nitrogen and oxygen atoms in total. The molecule has 4 heteroatoms. The van der Waals surface area contributed by atoms with E-state index in [1.165, 1.54) is 0 Å². The third-order valence-electron chi connectivity index (χ3n) is 3.07. The summed E-state index contributed by atoms with van der Waals surface area (Å²) >= 11 is 12.6. The van der Waals surface area contributed by atoms with Crippen LogP contribution in [0.4, 0.5) is 0 Å². The average molecular weight is 309 g/mol. The minimum absolute atomic E-state index is 0.0466. The van der Waals surface area contributed by atoms with Gasteiger partial charge in [-0.05, 0) is 23.6 Å². The SMILES string of the molecule is O=C(O)CCC(Cl)c1ccccc1-c1ccccc1Cl. The predicted molar refractivity (Wildman–Crippen MR) is 82.4 cm³/mol. The standard InChI is InChI=1S/C16H14Cl2O2/c17-14-8-4-3-7-12(14)11-5-1-2-6-13(11)15(18)9-10-16(19)20/h1-8,15H,9-10H2,(H,19,20). The summed E-state index contributed by atoms with van der Waals surface area (Å²) in [7, 11) is 0. The summed E-state index contributed by atoms with van der Waals surface area (Å²) in [6.07, 6.45) is 0.434. The van der Waals surface area contributed by atoms with Gasteiger partial charge < -0.3 is 5.11 Å². The minimum atomic E-state index is -0.842. The molecule has 0 aliphatic carbocycles. The monoisotopic (exact) mass is 308 g/mol. The molecule has 2 rings (SSSR count). The van der Waals surface area contributed by atoms with Gasteiger partial charge in [-0.2, -0.15) is 0 Å². The highest BCUT2D eigenvalue weighted by Gasteiger charge is 2.16. The van der Waals surface area contributed by atoms with E-state index in [1.807, 2.05) is 48.5 Å². The molecule has 0 fully saturated rings. The van der Waals surface area contributed by atoms with Crippen LogP contribution in [0.25, 0.3) is 11.1 Å². The Morgan fingerprint density at radius 1 is 1.05 bits per heavy atom. The van der Waals surface area contributed by atoms with Gasteiger partial charge in [-0.1, -0.05) is 54.1 Å². The summed E-state index contributed by atoms with van der Waals surface area (Å²) in [5.74, 6) is -0.842. The van der Waals surface area contributed by atoms with Crippen LogP contribution < -0.4 is 0 Å². The molecule has 0 saturated carbocycles. The lowest BCUT2D eigenvalue weighted by Crippen LogP contribution is -2.00. The highest BCUT2D eigenvalue weighted by atomic mass is 35.5. The molecule has 1 N–H and O–H groups in total. The summed E-state index contributed by atoms with van der Waals surface area (Å²) in [6, 6.07) is 15.2. The molecular formula is C16H14Cl2O2. The molecule has 0 aromatic heterocycles. The minimum Gasteiger partial charge on any atom is -0.481 e. The van der Waals surface area contributed by atoms with E-state index < -0.39 is 5.97 Å². The van der Waals surface area contributed by atoms with E-state index >= 15 is 0 Å². The first-order valence-electron chi connectivity index (χ1n) is 6.29. The first-order chi connectivity index (χ1) is 9.59. The van der Waals surface area contributed by atoms with Crippen molar-refractivity contribution in [3.8, 4) is 11.1 Å². The summed E-state index contributed by atoms with van der Waals surface area (Å²) in [5, 5.41) is 9.07. The lowest BCUT2D eigenvalue weighted by molar-refractivity contribution is -0.137.